The summed E-state index contributed by atoms with van der Waals surface area (Å²) in [6.45, 7) is 2.14. The molecule has 5 nitrogen and oxygen atoms in total. The van der Waals surface area contributed by atoms with Crippen LogP contribution in [0, 0.1) is 5.82 Å². The van der Waals surface area contributed by atoms with Crippen LogP contribution in [0.15, 0.2) is 36.7 Å². The van der Waals surface area contributed by atoms with Gasteiger partial charge in [-0.3, -0.25) is 4.79 Å². The lowest BCUT2D eigenvalue weighted by molar-refractivity contribution is 0.0723. The summed E-state index contributed by atoms with van der Waals surface area (Å²) in [6, 6.07) is 6.70. The Morgan fingerprint density at radius 3 is 2.54 bits per heavy atom. The molecule has 0 radical (unpaired) electrons. The quantitative estimate of drug-likeness (QED) is 0.917. The lowest BCUT2D eigenvalue weighted by Crippen LogP contribution is -2.35. The molecule has 0 saturated carbocycles. The van der Waals surface area contributed by atoms with Crippen LogP contribution in [0.1, 0.15) is 35.2 Å². The van der Waals surface area contributed by atoms with E-state index in [1.165, 1.54) is 12.5 Å². The number of nitrogens with one attached hydrogen (secondary N) is 1. The Kier molecular flexibility index (Phi) is 5.36. The number of nitrogens with zero attached hydrogens (tertiary/aromatic N) is 3. The molecule has 2 heterocycles. The fraction of sp³-hybridized carbons (Fsp3) is 0.389. The second-order valence-corrected chi connectivity index (χ2v) is 5.92. The summed E-state index contributed by atoms with van der Waals surface area (Å²) in [7, 11) is 0. The van der Waals surface area contributed by atoms with Gasteiger partial charge in [0.1, 0.15) is 5.82 Å². The maximum Gasteiger partial charge on any atom is 0.256 e. The van der Waals surface area contributed by atoms with Gasteiger partial charge in [-0.05, 0) is 37.3 Å². The van der Waals surface area contributed by atoms with Gasteiger partial charge in [0.05, 0.1) is 5.56 Å². The number of likely N-dealkylation sites (tertiary alicyclic amines) is 1. The minimum atomic E-state index is -0.206. The summed E-state index contributed by atoms with van der Waals surface area (Å²) in [4.78, 5) is 22.6. The van der Waals surface area contributed by atoms with Crippen molar-refractivity contribution >= 4 is 11.9 Å². The predicted molar refractivity (Wildman–Crippen MR) is 90.4 cm³/mol. The van der Waals surface area contributed by atoms with Crippen LogP contribution in [0.25, 0.3) is 0 Å². The van der Waals surface area contributed by atoms with Crippen LogP contribution in [-0.2, 0) is 6.42 Å². The van der Waals surface area contributed by atoms with Crippen molar-refractivity contribution < 1.29 is 9.18 Å². The molecule has 3 rings (SSSR count). The summed E-state index contributed by atoms with van der Waals surface area (Å²) >= 11 is 0. The highest BCUT2D eigenvalue weighted by Gasteiger charge is 2.18. The summed E-state index contributed by atoms with van der Waals surface area (Å²) in [6.07, 6.45) is 6.95. The molecular formula is C18H21FN4O. The molecule has 1 N–H and O–H groups in total. The van der Waals surface area contributed by atoms with Crippen LogP contribution in [0.3, 0.4) is 0 Å². The molecule has 0 aliphatic carbocycles. The summed E-state index contributed by atoms with van der Waals surface area (Å²) < 4.78 is 13.5. The van der Waals surface area contributed by atoms with Gasteiger partial charge in [-0.1, -0.05) is 18.2 Å². The topological polar surface area (TPSA) is 58.1 Å². The normalized spacial score (nSPS) is 14.5. The Bertz CT molecular complexity index is 684. The molecule has 1 amide bonds. The minimum absolute atomic E-state index is 0.00685. The van der Waals surface area contributed by atoms with E-state index in [1.807, 2.05) is 11.0 Å². The molecule has 24 heavy (non-hydrogen) atoms. The lowest BCUT2D eigenvalue weighted by Gasteiger charge is -2.26. The van der Waals surface area contributed by atoms with Crippen molar-refractivity contribution in [3.8, 4) is 0 Å². The molecule has 1 aliphatic rings. The Morgan fingerprint density at radius 2 is 1.83 bits per heavy atom. The molecule has 1 aliphatic heterocycles. The third-order valence-corrected chi connectivity index (χ3v) is 4.18. The molecule has 6 heteroatoms. The summed E-state index contributed by atoms with van der Waals surface area (Å²) in [5, 5.41) is 3.05. The maximum atomic E-state index is 13.5. The van der Waals surface area contributed by atoms with Crippen LogP contribution in [-0.4, -0.2) is 40.4 Å². The molecule has 1 aromatic carbocycles. The number of hydrogen-bond acceptors (Lipinski definition) is 4. The second-order valence-electron chi connectivity index (χ2n) is 5.92. The summed E-state index contributed by atoms with van der Waals surface area (Å²) in [5.74, 6) is 0.233. The number of carbonyl (C=O) groups excluding carboxylic acids is 1. The Labute approximate surface area is 140 Å². The van der Waals surface area contributed by atoms with Gasteiger partial charge in [-0.25, -0.2) is 14.4 Å². The molecule has 1 aromatic heterocycles. The largest absolute Gasteiger partial charge is 0.354 e. The first-order valence-corrected chi connectivity index (χ1v) is 8.32. The van der Waals surface area contributed by atoms with E-state index < -0.39 is 0 Å². The average molecular weight is 328 g/mol. The van der Waals surface area contributed by atoms with E-state index in [0.717, 1.165) is 25.9 Å². The van der Waals surface area contributed by atoms with Gasteiger partial charge < -0.3 is 10.2 Å². The van der Waals surface area contributed by atoms with Gasteiger partial charge in [0, 0.05) is 32.0 Å². The van der Waals surface area contributed by atoms with Crippen LogP contribution in [0.5, 0.6) is 0 Å². The second kappa shape index (κ2) is 7.86. The van der Waals surface area contributed by atoms with E-state index >= 15 is 0 Å². The molecule has 1 fully saturated rings. The highest BCUT2D eigenvalue weighted by molar-refractivity contribution is 5.93. The molecular weight excluding hydrogens is 307 g/mol. The number of aromatic nitrogens is 2. The van der Waals surface area contributed by atoms with E-state index in [2.05, 4.69) is 15.3 Å². The van der Waals surface area contributed by atoms with E-state index in [1.54, 1.807) is 24.5 Å². The molecule has 126 valence electrons. The number of piperidine rings is 1. The van der Waals surface area contributed by atoms with Gasteiger partial charge in [-0.2, -0.15) is 0 Å². The zero-order chi connectivity index (χ0) is 16.8. The number of carbonyl (C=O) groups is 1. The number of halogens is 1. The van der Waals surface area contributed by atoms with E-state index in [-0.39, 0.29) is 11.7 Å². The zero-order valence-electron chi connectivity index (χ0n) is 13.5. The first-order chi connectivity index (χ1) is 11.7. The fourth-order valence-electron chi connectivity index (χ4n) is 2.82. The number of hydrogen-bond donors (Lipinski definition) is 1. The SMILES string of the molecule is O=C(c1cnc(NCCc2ccccc2F)nc1)N1CCCCC1. The van der Waals surface area contributed by atoms with E-state index in [9.17, 15) is 9.18 Å². The smallest absolute Gasteiger partial charge is 0.256 e. The van der Waals surface area contributed by atoms with E-state index in [0.29, 0.717) is 30.0 Å². The van der Waals surface area contributed by atoms with Crippen LogP contribution >= 0.6 is 0 Å². The number of rotatable bonds is 5. The van der Waals surface area contributed by atoms with Gasteiger partial charge >= 0.3 is 0 Å². The minimum Gasteiger partial charge on any atom is -0.354 e. The van der Waals surface area contributed by atoms with Gasteiger partial charge in [0.15, 0.2) is 0 Å². The van der Waals surface area contributed by atoms with Gasteiger partial charge in [0.2, 0.25) is 5.95 Å². The number of anilines is 1. The van der Waals surface area contributed by atoms with E-state index in [4.69, 9.17) is 0 Å². The van der Waals surface area contributed by atoms with Crippen molar-refractivity contribution in [3.05, 3.63) is 53.6 Å². The zero-order valence-corrected chi connectivity index (χ0v) is 13.5. The van der Waals surface area contributed by atoms with Gasteiger partial charge in [0.25, 0.3) is 5.91 Å². The van der Waals surface area contributed by atoms with Crippen molar-refractivity contribution in [1.82, 2.24) is 14.9 Å². The molecule has 0 atom stereocenters. The Morgan fingerprint density at radius 1 is 1.12 bits per heavy atom. The van der Waals surface area contributed by atoms with Crippen LogP contribution < -0.4 is 5.32 Å². The first-order valence-electron chi connectivity index (χ1n) is 8.32. The lowest BCUT2D eigenvalue weighted by atomic mass is 10.1. The molecule has 2 aromatic rings. The standard InChI is InChI=1S/C18H21FN4O/c19-16-7-3-2-6-14(16)8-9-20-18-21-12-15(13-22-18)17(24)23-10-4-1-5-11-23/h2-3,6-7,12-13H,1,4-5,8-11H2,(H,20,21,22). The van der Waals surface area contributed by atoms with Gasteiger partial charge in [-0.15, -0.1) is 0 Å². The van der Waals surface area contributed by atoms with Crippen molar-refractivity contribution in [2.75, 3.05) is 25.0 Å². The highest BCUT2D eigenvalue weighted by atomic mass is 19.1. The Hall–Kier alpha value is -2.50. The Balaban J connectivity index is 1.53. The third kappa shape index (κ3) is 4.07. The number of amides is 1. The molecule has 0 spiro atoms. The van der Waals surface area contributed by atoms with Crippen LogP contribution in [0.4, 0.5) is 10.3 Å². The average Bonchev–Trinajstić information content (AvgIpc) is 2.64. The molecule has 1 saturated heterocycles. The van der Waals surface area contributed by atoms with Crippen molar-refractivity contribution in [2.45, 2.75) is 25.7 Å². The number of benzene rings is 1. The van der Waals surface area contributed by atoms with Crippen molar-refractivity contribution in [2.24, 2.45) is 0 Å². The highest BCUT2D eigenvalue weighted by Crippen LogP contribution is 2.13. The monoisotopic (exact) mass is 328 g/mol. The fourth-order valence-corrected chi connectivity index (χ4v) is 2.82. The third-order valence-electron chi connectivity index (χ3n) is 4.18. The van der Waals surface area contributed by atoms with Crippen molar-refractivity contribution in [1.29, 1.82) is 0 Å². The molecule has 0 bridgehead atoms. The van der Waals surface area contributed by atoms with Crippen LogP contribution in [0.2, 0.25) is 0 Å². The molecule has 0 unspecified atom stereocenters. The summed E-state index contributed by atoms with van der Waals surface area (Å²) in [5.41, 5.74) is 1.17. The first kappa shape index (κ1) is 16.4. The predicted octanol–water partition coefficient (Wildman–Crippen LogP) is 2.90. The van der Waals surface area contributed by atoms with Crippen molar-refractivity contribution in [3.63, 3.8) is 0 Å². The maximum absolute atomic E-state index is 13.5.